The van der Waals surface area contributed by atoms with E-state index in [0.29, 0.717) is 43.4 Å². The molecule has 2 aromatic carbocycles. The fourth-order valence-corrected chi connectivity index (χ4v) is 4.51. The van der Waals surface area contributed by atoms with Crippen LogP contribution in [0.4, 0.5) is 5.88 Å². The summed E-state index contributed by atoms with van der Waals surface area (Å²) in [6.07, 6.45) is 3.28. The number of rotatable bonds is 5. The van der Waals surface area contributed by atoms with Crippen LogP contribution in [-0.2, 0) is 0 Å². The van der Waals surface area contributed by atoms with Crippen molar-refractivity contribution in [3.8, 4) is 34.7 Å². The molecule has 0 aliphatic carbocycles. The molecule has 1 aliphatic heterocycles. The van der Waals surface area contributed by atoms with Crippen LogP contribution in [0.1, 0.15) is 16.1 Å². The third-order valence-electron chi connectivity index (χ3n) is 6.35. The smallest absolute Gasteiger partial charge is 0.266 e. The molecule has 5 aromatic rings. The van der Waals surface area contributed by atoms with Crippen LogP contribution in [0.5, 0.6) is 0 Å². The minimum absolute atomic E-state index is 0.0516. The third kappa shape index (κ3) is 4.25. The third-order valence-corrected chi connectivity index (χ3v) is 6.35. The van der Waals surface area contributed by atoms with E-state index in [2.05, 4.69) is 16.2 Å². The molecule has 0 unspecified atom stereocenters. The van der Waals surface area contributed by atoms with Gasteiger partial charge in [0.25, 0.3) is 11.8 Å². The van der Waals surface area contributed by atoms with E-state index in [9.17, 15) is 10.1 Å². The van der Waals surface area contributed by atoms with E-state index in [1.165, 1.54) is 6.26 Å². The molecule has 6 rings (SSSR count). The number of aromatic nitrogens is 3. The van der Waals surface area contributed by atoms with Gasteiger partial charge in [0.2, 0.25) is 11.6 Å². The van der Waals surface area contributed by atoms with Crippen molar-refractivity contribution in [2.75, 3.05) is 31.1 Å². The molecule has 1 aliphatic rings. The highest BCUT2D eigenvalue weighted by Gasteiger charge is 2.27. The van der Waals surface area contributed by atoms with E-state index < -0.39 is 0 Å². The lowest BCUT2D eigenvalue weighted by atomic mass is 10.1. The minimum atomic E-state index is -0.0516. The number of benzene rings is 2. The Kier molecular flexibility index (Phi) is 5.75. The molecule has 1 amide bonds. The molecule has 1 saturated heterocycles. The molecule has 0 atom stereocenters. The second-order valence-corrected chi connectivity index (χ2v) is 8.59. The van der Waals surface area contributed by atoms with E-state index in [1.54, 1.807) is 18.3 Å². The monoisotopic (exact) mass is 490 g/mol. The van der Waals surface area contributed by atoms with Crippen LogP contribution < -0.4 is 4.90 Å². The number of furan rings is 1. The zero-order valence-corrected chi connectivity index (χ0v) is 19.8. The Morgan fingerprint density at radius 2 is 1.78 bits per heavy atom. The maximum atomic E-state index is 13.4. The average Bonchev–Trinajstić information content (AvgIpc) is 3.74. The predicted octanol–water partition coefficient (Wildman–Crippen LogP) is 4.62. The molecule has 37 heavy (non-hydrogen) atoms. The Hall–Kier alpha value is -5.10. The first kappa shape index (κ1) is 22.4. The summed E-state index contributed by atoms with van der Waals surface area (Å²) in [5, 5.41) is 14.0. The average molecular weight is 491 g/mol. The van der Waals surface area contributed by atoms with Crippen LogP contribution in [0.3, 0.4) is 0 Å². The molecule has 0 spiro atoms. The highest BCUT2D eigenvalue weighted by atomic mass is 16.4. The van der Waals surface area contributed by atoms with Crippen LogP contribution in [0.25, 0.3) is 28.6 Å². The number of carbonyl (C=O) groups excluding carboxylic acids is 1. The van der Waals surface area contributed by atoms with Gasteiger partial charge in [-0.15, -0.1) is 0 Å². The van der Waals surface area contributed by atoms with E-state index in [-0.39, 0.29) is 17.5 Å². The number of hydrogen-bond acceptors (Lipinski definition) is 7. The number of nitrogens with zero attached hydrogens (tertiary/aromatic N) is 6. The molecule has 0 radical (unpaired) electrons. The van der Waals surface area contributed by atoms with Gasteiger partial charge in [0.15, 0.2) is 5.76 Å². The van der Waals surface area contributed by atoms with Gasteiger partial charge >= 0.3 is 0 Å². The minimum Gasteiger partial charge on any atom is -0.459 e. The summed E-state index contributed by atoms with van der Waals surface area (Å²) in [7, 11) is 0. The van der Waals surface area contributed by atoms with Gasteiger partial charge in [0, 0.05) is 37.3 Å². The summed E-state index contributed by atoms with van der Waals surface area (Å²) >= 11 is 0. The molecule has 1 fully saturated rings. The summed E-state index contributed by atoms with van der Waals surface area (Å²) in [4.78, 5) is 21.4. The van der Waals surface area contributed by atoms with Crippen molar-refractivity contribution in [1.82, 2.24) is 19.7 Å². The van der Waals surface area contributed by atoms with Crippen molar-refractivity contribution >= 4 is 11.8 Å². The summed E-state index contributed by atoms with van der Waals surface area (Å²) in [6, 6.07) is 25.0. The number of carbonyl (C=O) groups is 1. The molecule has 3 aromatic heterocycles. The van der Waals surface area contributed by atoms with Gasteiger partial charge in [-0.3, -0.25) is 4.79 Å². The maximum Gasteiger partial charge on any atom is 0.266 e. The number of piperazine rings is 1. The Morgan fingerprint density at radius 1 is 0.946 bits per heavy atom. The molecule has 4 heterocycles. The summed E-state index contributed by atoms with van der Waals surface area (Å²) in [5.74, 6) is 1.07. The molecular formula is C28H22N6O3. The highest BCUT2D eigenvalue weighted by molar-refractivity contribution is 5.95. The highest BCUT2D eigenvalue weighted by Crippen LogP contribution is 2.29. The lowest BCUT2D eigenvalue weighted by Gasteiger charge is -2.34. The number of nitriles is 1. The molecule has 182 valence electrons. The molecule has 0 saturated carbocycles. The van der Waals surface area contributed by atoms with Gasteiger partial charge in [0.1, 0.15) is 6.07 Å². The summed E-state index contributed by atoms with van der Waals surface area (Å²) in [6.45, 7) is 2.01. The van der Waals surface area contributed by atoms with Crippen molar-refractivity contribution in [2.45, 2.75) is 0 Å². The van der Waals surface area contributed by atoms with E-state index in [4.69, 9.17) is 8.83 Å². The van der Waals surface area contributed by atoms with Crippen molar-refractivity contribution in [3.05, 3.63) is 96.5 Å². The fraction of sp³-hybridized carbons (Fsp3) is 0.143. The SMILES string of the molecule is N#Cc1nc(-c2ccco2)oc1N1CCN(C(=O)c2cccc(-n3nccc3-c3ccccc3)c2)CC1. The Bertz CT molecular complexity index is 1570. The number of anilines is 1. The molecule has 0 N–H and O–H groups in total. The molecule has 9 heteroatoms. The fourth-order valence-electron chi connectivity index (χ4n) is 4.51. The number of hydrogen-bond donors (Lipinski definition) is 0. The predicted molar refractivity (Wildman–Crippen MR) is 136 cm³/mol. The zero-order chi connectivity index (χ0) is 25.2. The first-order valence-corrected chi connectivity index (χ1v) is 11.9. The first-order chi connectivity index (χ1) is 18.2. The van der Waals surface area contributed by atoms with Crippen LogP contribution in [0, 0.1) is 11.3 Å². The van der Waals surface area contributed by atoms with Gasteiger partial charge in [-0.1, -0.05) is 36.4 Å². The first-order valence-electron chi connectivity index (χ1n) is 11.9. The molecule has 0 bridgehead atoms. The van der Waals surface area contributed by atoms with Gasteiger partial charge in [-0.05, 0) is 36.4 Å². The summed E-state index contributed by atoms with van der Waals surface area (Å²) in [5.41, 5.74) is 3.62. The number of amides is 1. The quantitative estimate of drug-likeness (QED) is 0.354. The van der Waals surface area contributed by atoms with E-state index >= 15 is 0 Å². The van der Waals surface area contributed by atoms with Crippen molar-refractivity contribution in [1.29, 1.82) is 5.26 Å². The van der Waals surface area contributed by atoms with Gasteiger partial charge in [-0.2, -0.15) is 15.3 Å². The Labute approximate surface area is 212 Å². The zero-order valence-electron chi connectivity index (χ0n) is 19.8. The lowest BCUT2D eigenvalue weighted by Crippen LogP contribution is -2.48. The largest absolute Gasteiger partial charge is 0.459 e. The van der Waals surface area contributed by atoms with Crippen molar-refractivity contribution < 1.29 is 13.6 Å². The normalized spacial score (nSPS) is 13.5. The molecule has 9 nitrogen and oxygen atoms in total. The number of oxazole rings is 1. The Balaban J connectivity index is 1.18. The van der Waals surface area contributed by atoms with Crippen LogP contribution >= 0.6 is 0 Å². The second kappa shape index (κ2) is 9.51. The van der Waals surface area contributed by atoms with Crippen LogP contribution in [-0.4, -0.2) is 51.8 Å². The summed E-state index contributed by atoms with van der Waals surface area (Å²) < 4.78 is 13.0. The van der Waals surface area contributed by atoms with E-state index in [0.717, 1.165) is 16.9 Å². The van der Waals surface area contributed by atoms with Gasteiger partial charge in [-0.25, -0.2) is 4.68 Å². The van der Waals surface area contributed by atoms with Crippen LogP contribution in [0.15, 0.2) is 94.1 Å². The molecular weight excluding hydrogens is 468 g/mol. The lowest BCUT2D eigenvalue weighted by molar-refractivity contribution is 0.0745. The Morgan fingerprint density at radius 3 is 2.54 bits per heavy atom. The topological polar surface area (TPSA) is 104 Å². The van der Waals surface area contributed by atoms with Crippen molar-refractivity contribution in [3.63, 3.8) is 0 Å². The maximum absolute atomic E-state index is 13.4. The van der Waals surface area contributed by atoms with Crippen molar-refractivity contribution in [2.24, 2.45) is 0 Å². The van der Waals surface area contributed by atoms with Gasteiger partial charge < -0.3 is 18.6 Å². The van der Waals surface area contributed by atoms with E-state index in [1.807, 2.05) is 75.1 Å². The van der Waals surface area contributed by atoms with Crippen LogP contribution in [0.2, 0.25) is 0 Å². The van der Waals surface area contributed by atoms with Gasteiger partial charge in [0.05, 0.1) is 23.8 Å². The second-order valence-electron chi connectivity index (χ2n) is 8.59. The standard InChI is InChI=1S/C28H22N6O3/c29-19-23-28(37-26(31-23)25-10-5-17-36-25)33-15-13-32(14-16-33)27(35)21-8-4-9-22(18-21)34-24(11-12-30-34)20-6-2-1-3-7-20/h1-12,17-18H,13-16H2.